The fraction of sp³-hybridized carbons (Fsp3) is 0.564. The smallest absolute Gasteiger partial charge is 0.330 e. The number of esters is 1. The van der Waals surface area contributed by atoms with Crippen molar-refractivity contribution in [1.82, 2.24) is 0 Å². The Morgan fingerprint density at radius 1 is 0.978 bits per heavy atom. The molecule has 0 spiro atoms. The molecule has 0 aromatic heterocycles. The van der Waals surface area contributed by atoms with Gasteiger partial charge in [-0.25, -0.2) is 13.2 Å². The normalized spacial score (nSPS) is 25.5. The van der Waals surface area contributed by atoms with Crippen molar-refractivity contribution in [3.63, 3.8) is 0 Å². The SMILES string of the molecule is CCOC(=O)/C=C(\C)CC(/C=C(\C)c1ccc(C(C)(C)C)c(C23CC4CC(CC(C4)C2)C3)c1O[Si](C)C)S(=O)(=O)c1ccccc1. The van der Waals surface area contributed by atoms with E-state index >= 15 is 0 Å². The Morgan fingerprint density at radius 3 is 2.09 bits per heavy atom. The molecule has 2 aromatic rings. The molecule has 6 rings (SSSR count). The molecule has 4 aliphatic rings. The second kappa shape index (κ2) is 13.5. The lowest BCUT2D eigenvalue weighted by Crippen LogP contribution is -2.49. The number of benzene rings is 2. The van der Waals surface area contributed by atoms with E-state index in [4.69, 9.17) is 9.16 Å². The summed E-state index contributed by atoms with van der Waals surface area (Å²) in [6, 6.07) is 13.1. The molecule has 4 aliphatic carbocycles. The van der Waals surface area contributed by atoms with Gasteiger partial charge in [-0.1, -0.05) is 62.8 Å². The van der Waals surface area contributed by atoms with E-state index in [9.17, 15) is 13.2 Å². The summed E-state index contributed by atoms with van der Waals surface area (Å²) in [4.78, 5) is 12.6. The van der Waals surface area contributed by atoms with E-state index in [1.165, 1.54) is 55.7 Å². The maximum Gasteiger partial charge on any atom is 0.330 e. The summed E-state index contributed by atoms with van der Waals surface area (Å²) >= 11 is 0. The molecule has 4 saturated carbocycles. The van der Waals surface area contributed by atoms with Crippen LogP contribution < -0.4 is 4.43 Å². The number of hydrogen-bond acceptors (Lipinski definition) is 5. The maximum atomic E-state index is 14.2. The molecule has 4 bridgehead atoms. The summed E-state index contributed by atoms with van der Waals surface area (Å²) < 4.78 is 40.5. The molecule has 0 aliphatic heterocycles. The number of carbonyl (C=O) groups excluding carboxylic acids is 1. The second-order valence-electron chi connectivity index (χ2n) is 15.5. The van der Waals surface area contributed by atoms with Crippen molar-refractivity contribution in [3.05, 3.63) is 76.9 Å². The van der Waals surface area contributed by atoms with Crippen LogP contribution in [0.3, 0.4) is 0 Å². The summed E-state index contributed by atoms with van der Waals surface area (Å²) in [6.45, 7) is 17.2. The van der Waals surface area contributed by atoms with Crippen molar-refractivity contribution < 1.29 is 22.4 Å². The topological polar surface area (TPSA) is 69.7 Å². The average Bonchev–Trinajstić information content (AvgIpc) is 2.95. The zero-order valence-corrected chi connectivity index (χ0v) is 30.9. The van der Waals surface area contributed by atoms with Gasteiger partial charge in [-0.05, 0) is 125 Å². The lowest BCUT2D eigenvalue weighted by Gasteiger charge is -2.58. The van der Waals surface area contributed by atoms with E-state index in [0.29, 0.717) is 5.57 Å². The van der Waals surface area contributed by atoms with E-state index in [2.05, 4.69) is 46.0 Å². The van der Waals surface area contributed by atoms with Crippen molar-refractivity contribution in [3.8, 4) is 5.75 Å². The highest BCUT2D eigenvalue weighted by atomic mass is 32.2. The molecule has 4 fully saturated rings. The Kier molecular flexibility index (Phi) is 10.2. The van der Waals surface area contributed by atoms with Crippen molar-refractivity contribution in [1.29, 1.82) is 0 Å². The number of sulfone groups is 1. The minimum Gasteiger partial charge on any atom is -0.542 e. The Bertz CT molecular complexity index is 1560. The van der Waals surface area contributed by atoms with E-state index in [-0.39, 0.29) is 28.8 Å². The van der Waals surface area contributed by atoms with Gasteiger partial charge in [-0.3, -0.25) is 0 Å². The van der Waals surface area contributed by atoms with Crippen LogP contribution in [0.4, 0.5) is 0 Å². The molecule has 1 radical (unpaired) electrons. The van der Waals surface area contributed by atoms with Crippen LogP contribution in [-0.2, 0) is 30.2 Å². The summed E-state index contributed by atoms with van der Waals surface area (Å²) in [7, 11) is -4.90. The first-order chi connectivity index (χ1) is 21.6. The Labute approximate surface area is 279 Å². The van der Waals surface area contributed by atoms with Crippen LogP contribution in [0.25, 0.3) is 5.57 Å². The highest BCUT2D eigenvalue weighted by Gasteiger charge is 2.54. The third-order valence-electron chi connectivity index (χ3n) is 10.3. The average molecular weight is 662 g/mol. The standard InChI is InChI=1S/C39H53O5SSi/c1-9-43-35(40)18-26(2)17-32(45(41,42)31-13-11-10-12-14-31)19-27(3)33-15-16-34(38(4,5)6)36(37(33)44-46(7)8)39-23-28-20-29(24-39)22-30(21-28)25-39/h10-16,18-19,28-30,32H,9,17,20-25H2,1-8H3/b26-18+,27-19+. The van der Waals surface area contributed by atoms with Crippen LogP contribution in [-0.4, -0.2) is 35.3 Å². The fourth-order valence-electron chi connectivity index (χ4n) is 8.94. The minimum atomic E-state index is -3.77. The molecule has 0 saturated heterocycles. The molecule has 0 heterocycles. The number of carbonyl (C=O) groups is 1. The van der Waals surface area contributed by atoms with Crippen LogP contribution in [0.2, 0.25) is 13.1 Å². The van der Waals surface area contributed by atoms with Crippen molar-refractivity contribution in [2.45, 2.75) is 121 Å². The van der Waals surface area contributed by atoms with E-state index in [1.54, 1.807) is 38.1 Å². The van der Waals surface area contributed by atoms with E-state index in [1.807, 2.05) is 19.1 Å². The number of hydrogen-bond donors (Lipinski definition) is 0. The van der Waals surface area contributed by atoms with Gasteiger partial charge in [-0.2, -0.15) is 0 Å². The summed E-state index contributed by atoms with van der Waals surface area (Å²) in [5, 5.41) is -0.869. The minimum absolute atomic E-state index is 0.0600. The van der Waals surface area contributed by atoms with Gasteiger partial charge in [0.2, 0.25) is 0 Å². The maximum absolute atomic E-state index is 14.2. The molecule has 7 heteroatoms. The molecule has 1 atom stereocenters. The number of ether oxygens (including phenoxy) is 1. The molecule has 1 unspecified atom stereocenters. The van der Waals surface area contributed by atoms with Crippen molar-refractivity contribution in [2.75, 3.05) is 6.61 Å². The molecular formula is C39H53O5SSi. The zero-order chi connectivity index (χ0) is 33.4. The first-order valence-corrected chi connectivity index (χ1v) is 21.1. The molecule has 0 N–H and O–H groups in total. The van der Waals surface area contributed by atoms with Gasteiger partial charge in [-0.15, -0.1) is 0 Å². The fourth-order valence-corrected chi connectivity index (χ4v) is 11.3. The molecule has 5 nitrogen and oxygen atoms in total. The van der Waals surface area contributed by atoms with Gasteiger partial charge in [0.15, 0.2) is 9.84 Å². The largest absolute Gasteiger partial charge is 0.542 e. The third kappa shape index (κ3) is 7.25. The Hall–Kier alpha value is -2.64. The zero-order valence-electron chi connectivity index (χ0n) is 29.1. The first kappa shape index (κ1) is 34.7. The molecule has 249 valence electrons. The highest BCUT2D eigenvalue weighted by molar-refractivity contribution is 7.92. The molecule has 46 heavy (non-hydrogen) atoms. The highest BCUT2D eigenvalue weighted by Crippen LogP contribution is 2.63. The molecule has 0 amide bonds. The van der Waals surface area contributed by atoms with Gasteiger partial charge in [0.25, 0.3) is 9.04 Å². The lowest BCUT2D eigenvalue weighted by atomic mass is 9.47. The Balaban J connectivity index is 1.68. The van der Waals surface area contributed by atoms with Crippen LogP contribution in [0.15, 0.2) is 65.1 Å². The third-order valence-corrected chi connectivity index (χ3v) is 13.0. The first-order valence-electron chi connectivity index (χ1n) is 17.1. The van der Waals surface area contributed by atoms with Gasteiger partial charge in [0.05, 0.1) is 16.8 Å². The van der Waals surface area contributed by atoms with E-state index < -0.39 is 30.1 Å². The second-order valence-corrected chi connectivity index (χ2v) is 19.7. The summed E-state index contributed by atoms with van der Waals surface area (Å²) in [6.07, 6.45) is 11.3. The predicted molar refractivity (Wildman–Crippen MR) is 189 cm³/mol. The van der Waals surface area contributed by atoms with Crippen LogP contribution in [0.5, 0.6) is 5.75 Å². The number of rotatable bonds is 11. The van der Waals surface area contributed by atoms with E-state index in [0.717, 1.165) is 34.6 Å². The Morgan fingerprint density at radius 2 is 1.57 bits per heavy atom. The van der Waals surface area contributed by atoms with Crippen molar-refractivity contribution >= 4 is 30.4 Å². The molecule has 2 aromatic carbocycles. The van der Waals surface area contributed by atoms with Crippen LogP contribution >= 0.6 is 0 Å². The lowest BCUT2D eigenvalue weighted by molar-refractivity contribution is -0.137. The number of allylic oxidation sites excluding steroid dienone is 2. The van der Waals surface area contributed by atoms with Gasteiger partial charge < -0.3 is 9.16 Å². The van der Waals surface area contributed by atoms with Gasteiger partial charge in [0, 0.05) is 22.6 Å². The van der Waals surface area contributed by atoms with Crippen molar-refractivity contribution in [2.24, 2.45) is 17.8 Å². The quantitative estimate of drug-likeness (QED) is 0.136. The van der Waals surface area contributed by atoms with Crippen LogP contribution in [0, 0.1) is 17.8 Å². The summed E-state index contributed by atoms with van der Waals surface area (Å²) in [5.74, 6) is 2.89. The van der Waals surface area contributed by atoms with Crippen LogP contribution in [0.1, 0.15) is 103 Å². The van der Waals surface area contributed by atoms with Gasteiger partial charge >= 0.3 is 5.97 Å². The monoisotopic (exact) mass is 661 g/mol. The van der Waals surface area contributed by atoms with Gasteiger partial charge in [0.1, 0.15) is 5.75 Å². The molecular weight excluding hydrogens is 609 g/mol. The predicted octanol–water partition coefficient (Wildman–Crippen LogP) is 9.23. The summed E-state index contributed by atoms with van der Waals surface area (Å²) in [5.41, 5.74) is 5.35.